The minimum atomic E-state index is -4.00. The highest BCUT2D eigenvalue weighted by Crippen LogP contribution is 2.36. The van der Waals surface area contributed by atoms with Crippen molar-refractivity contribution in [2.75, 3.05) is 20.1 Å². The van der Waals surface area contributed by atoms with Crippen LogP contribution < -0.4 is 5.32 Å². The molecule has 1 N–H and O–H groups in total. The van der Waals surface area contributed by atoms with Crippen molar-refractivity contribution in [1.29, 1.82) is 0 Å². The standard InChI is InChI=1S/C13H23F3N2/c1-17-11-4-2-3-5-12(11)18-8-6-10(7-9-18)13(14,15)16/h10-12,17H,2-9H2,1H3. The lowest BCUT2D eigenvalue weighted by atomic mass is 9.86. The topological polar surface area (TPSA) is 15.3 Å². The van der Waals surface area contributed by atoms with Gasteiger partial charge in [0.1, 0.15) is 0 Å². The van der Waals surface area contributed by atoms with Gasteiger partial charge in [0.05, 0.1) is 5.92 Å². The summed E-state index contributed by atoms with van der Waals surface area (Å²) in [7, 11) is 1.96. The van der Waals surface area contributed by atoms with E-state index in [-0.39, 0.29) is 12.8 Å². The van der Waals surface area contributed by atoms with Crippen LogP contribution in [0.15, 0.2) is 0 Å². The molecule has 1 aliphatic heterocycles. The van der Waals surface area contributed by atoms with Gasteiger partial charge in [0.2, 0.25) is 0 Å². The fourth-order valence-electron chi connectivity index (χ4n) is 3.44. The number of nitrogens with zero attached hydrogens (tertiary/aromatic N) is 1. The van der Waals surface area contributed by atoms with Crippen molar-refractivity contribution in [2.45, 2.75) is 56.8 Å². The average molecular weight is 264 g/mol. The molecule has 0 amide bonds. The zero-order chi connectivity index (χ0) is 13.2. The summed E-state index contributed by atoms with van der Waals surface area (Å²) in [5, 5.41) is 3.33. The van der Waals surface area contributed by atoms with Gasteiger partial charge in [-0.2, -0.15) is 13.2 Å². The van der Waals surface area contributed by atoms with Crippen LogP contribution in [0, 0.1) is 5.92 Å². The number of nitrogens with one attached hydrogen (secondary N) is 1. The normalized spacial score (nSPS) is 32.7. The molecule has 0 aromatic rings. The number of alkyl halides is 3. The van der Waals surface area contributed by atoms with Crippen molar-refractivity contribution in [2.24, 2.45) is 5.92 Å². The highest BCUT2D eigenvalue weighted by Gasteiger charge is 2.42. The minimum absolute atomic E-state index is 0.274. The Labute approximate surface area is 107 Å². The number of hydrogen-bond acceptors (Lipinski definition) is 2. The van der Waals surface area contributed by atoms with Crippen LogP contribution in [0.4, 0.5) is 13.2 Å². The molecule has 2 nitrogen and oxygen atoms in total. The van der Waals surface area contributed by atoms with E-state index in [1.807, 2.05) is 7.05 Å². The van der Waals surface area contributed by atoms with E-state index in [1.165, 1.54) is 12.8 Å². The number of piperidine rings is 1. The third-order valence-corrected chi connectivity index (χ3v) is 4.56. The van der Waals surface area contributed by atoms with Gasteiger partial charge in [-0.3, -0.25) is 4.90 Å². The molecule has 0 bridgehead atoms. The van der Waals surface area contributed by atoms with Crippen LogP contribution in [0.3, 0.4) is 0 Å². The fraction of sp³-hybridized carbons (Fsp3) is 1.00. The maximum absolute atomic E-state index is 12.6. The first-order chi connectivity index (χ1) is 8.52. The molecule has 1 saturated heterocycles. The van der Waals surface area contributed by atoms with Crippen LogP contribution in [-0.2, 0) is 0 Å². The van der Waals surface area contributed by atoms with Gasteiger partial charge in [-0.1, -0.05) is 12.8 Å². The second-order valence-corrected chi connectivity index (χ2v) is 5.60. The van der Waals surface area contributed by atoms with E-state index in [0.717, 1.165) is 12.8 Å². The highest BCUT2D eigenvalue weighted by atomic mass is 19.4. The summed E-state index contributed by atoms with van der Waals surface area (Å²) in [6.07, 6.45) is 1.28. The third-order valence-electron chi connectivity index (χ3n) is 4.56. The van der Waals surface area contributed by atoms with Gasteiger partial charge >= 0.3 is 6.18 Å². The first-order valence-electron chi connectivity index (χ1n) is 7.00. The smallest absolute Gasteiger partial charge is 0.315 e. The molecule has 18 heavy (non-hydrogen) atoms. The molecular weight excluding hydrogens is 241 g/mol. The summed E-state index contributed by atoms with van der Waals surface area (Å²) >= 11 is 0. The molecule has 2 rings (SSSR count). The molecule has 0 aromatic carbocycles. The van der Waals surface area contributed by atoms with E-state index < -0.39 is 12.1 Å². The van der Waals surface area contributed by atoms with E-state index in [9.17, 15) is 13.2 Å². The van der Waals surface area contributed by atoms with Crippen LogP contribution >= 0.6 is 0 Å². The zero-order valence-corrected chi connectivity index (χ0v) is 11.0. The Morgan fingerprint density at radius 2 is 1.61 bits per heavy atom. The molecule has 1 aliphatic carbocycles. The van der Waals surface area contributed by atoms with Crippen LogP contribution in [0.25, 0.3) is 0 Å². The predicted octanol–water partition coefficient (Wildman–Crippen LogP) is 2.79. The summed E-state index contributed by atoms with van der Waals surface area (Å²) in [6.45, 7) is 1.21. The van der Waals surface area contributed by atoms with Crippen LogP contribution in [0.1, 0.15) is 38.5 Å². The quantitative estimate of drug-likeness (QED) is 0.825. The summed E-state index contributed by atoms with van der Waals surface area (Å²) < 4.78 is 37.9. The Balaban J connectivity index is 1.88. The summed E-state index contributed by atoms with van der Waals surface area (Å²) in [5.74, 6) is -1.08. The van der Waals surface area contributed by atoms with E-state index in [0.29, 0.717) is 25.2 Å². The Kier molecular flexibility index (Phi) is 4.54. The lowest BCUT2D eigenvalue weighted by molar-refractivity contribution is -0.186. The maximum atomic E-state index is 12.6. The molecule has 2 unspecified atom stereocenters. The van der Waals surface area contributed by atoms with Crippen LogP contribution in [-0.4, -0.2) is 43.3 Å². The number of likely N-dealkylation sites (tertiary alicyclic amines) is 1. The lowest BCUT2D eigenvalue weighted by Gasteiger charge is -2.43. The van der Waals surface area contributed by atoms with E-state index in [2.05, 4.69) is 10.2 Å². The number of halogens is 3. The summed E-state index contributed by atoms with van der Waals surface area (Å²) in [5.41, 5.74) is 0. The van der Waals surface area contributed by atoms with Crippen molar-refractivity contribution in [3.05, 3.63) is 0 Å². The van der Waals surface area contributed by atoms with Gasteiger partial charge in [-0.15, -0.1) is 0 Å². The van der Waals surface area contributed by atoms with Gasteiger partial charge in [0.15, 0.2) is 0 Å². The second kappa shape index (κ2) is 5.78. The van der Waals surface area contributed by atoms with Crippen molar-refractivity contribution >= 4 is 0 Å². The first-order valence-corrected chi connectivity index (χ1v) is 7.00. The van der Waals surface area contributed by atoms with Gasteiger partial charge in [-0.25, -0.2) is 0 Å². The van der Waals surface area contributed by atoms with Gasteiger partial charge in [0.25, 0.3) is 0 Å². The maximum Gasteiger partial charge on any atom is 0.391 e. The number of hydrogen-bond donors (Lipinski definition) is 1. The van der Waals surface area contributed by atoms with Crippen LogP contribution in [0.2, 0.25) is 0 Å². The largest absolute Gasteiger partial charge is 0.391 e. The van der Waals surface area contributed by atoms with E-state index >= 15 is 0 Å². The fourth-order valence-corrected chi connectivity index (χ4v) is 3.44. The molecular formula is C13H23F3N2. The molecule has 0 aromatic heterocycles. The molecule has 106 valence electrons. The first kappa shape index (κ1) is 14.1. The molecule has 5 heteroatoms. The minimum Gasteiger partial charge on any atom is -0.315 e. The molecule has 1 heterocycles. The molecule has 1 saturated carbocycles. The number of likely N-dealkylation sites (N-methyl/N-ethyl adjacent to an activating group) is 1. The molecule has 2 aliphatic rings. The summed E-state index contributed by atoms with van der Waals surface area (Å²) in [6, 6.07) is 0.902. The summed E-state index contributed by atoms with van der Waals surface area (Å²) in [4.78, 5) is 2.28. The Bertz CT molecular complexity index is 259. The van der Waals surface area contributed by atoms with Gasteiger partial charge in [0, 0.05) is 12.1 Å². The van der Waals surface area contributed by atoms with Crippen molar-refractivity contribution in [1.82, 2.24) is 10.2 Å². The van der Waals surface area contributed by atoms with E-state index in [4.69, 9.17) is 0 Å². The van der Waals surface area contributed by atoms with Crippen molar-refractivity contribution in [3.8, 4) is 0 Å². The molecule has 0 radical (unpaired) electrons. The van der Waals surface area contributed by atoms with Crippen LogP contribution in [0.5, 0.6) is 0 Å². The van der Waals surface area contributed by atoms with E-state index in [1.54, 1.807) is 0 Å². The number of rotatable bonds is 2. The molecule has 0 spiro atoms. The predicted molar refractivity (Wildman–Crippen MR) is 65.5 cm³/mol. The molecule has 2 atom stereocenters. The second-order valence-electron chi connectivity index (χ2n) is 5.60. The zero-order valence-electron chi connectivity index (χ0n) is 11.0. The van der Waals surface area contributed by atoms with Gasteiger partial charge in [-0.05, 0) is 45.8 Å². The third kappa shape index (κ3) is 3.18. The average Bonchev–Trinajstić information content (AvgIpc) is 2.38. The lowest BCUT2D eigenvalue weighted by Crippen LogP contribution is -2.53. The van der Waals surface area contributed by atoms with Crippen molar-refractivity contribution < 1.29 is 13.2 Å². The Hall–Kier alpha value is -0.290. The monoisotopic (exact) mass is 264 g/mol. The SMILES string of the molecule is CNC1CCCCC1N1CCC(C(F)(F)F)CC1. The Morgan fingerprint density at radius 3 is 2.17 bits per heavy atom. The Morgan fingerprint density at radius 1 is 1.00 bits per heavy atom. The van der Waals surface area contributed by atoms with Gasteiger partial charge < -0.3 is 5.32 Å². The van der Waals surface area contributed by atoms with Crippen molar-refractivity contribution in [3.63, 3.8) is 0 Å². The molecule has 2 fully saturated rings. The highest BCUT2D eigenvalue weighted by molar-refractivity contribution is 4.90.